The molecule has 0 aliphatic carbocycles. The van der Waals surface area contributed by atoms with Crippen LogP contribution in [0.15, 0.2) is 29.6 Å². The average molecular weight is 375 g/mol. The van der Waals surface area contributed by atoms with Crippen LogP contribution in [0.25, 0.3) is 0 Å². The minimum absolute atomic E-state index is 0.00556. The Labute approximate surface area is 158 Å². The van der Waals surface area contributed by atoms with Gasteiger partial charge < -0.3 is 10.2 Å². The van der Waals surface area contributed by atoms with Crippen LogP contribution in [0.3, 0.4) is 0 Å². The molecule has 140 valence electrons. The van der Waals surface area contributed by atoms with E-state index in [1.807, 2.05) is 45.9 Å². The van der Waals surface area contributed by atoms with Crippen molar-refractivity contribution in [2.75, 3.05) is 13.1 Å². The highest BCUT2D eigenvalue weighted by atomic mass is 32.1. The predicted octanol–water partition coefficient (Wildman–Crippen LogP) is 2.84. The third kappa shape index (κ3) is 5.91. The van der Waals surface area contributed by atoms with E-state index in [4.69, 9.17) is 0 Å². The Morgan fingerprint density at radius 2 is 2.08 bits per heavy atom. The molecule has 1 heterocycles. The molecule has 1 aromatic carbocycles. The molecule has 0 unspecified atom stereocenters. The van der Waals surface area contributed by atoms with E-state index in [2.05, 4.69) is 21.0 Å². The van der Waals surface area contributed by atoms with Crippen LogP contribution in [0, 0.1) is 6.92 Å². The summed E-state index contributed by atoms with van der Waals surface area (Å²) in [5, 5.41) is 8.43. The molecule has 0 saturated carbocycles. The van der Waals surface area contributed by atoms with Crippen LogP contribution in [-0.4, -0.2) is 44.9 Å². The van der Waals surface area contributed by atoms with Crippen molar-refractivity contribution < 1.29 is 9.59 Å². The van der Waals surface area contributed by atoms with E-state index in [0.717, 1.165) is 23.5 Å². The Morgan fingerprint density at radius 3 is 2.69 bits per heavy atom. The van der Waals surface area contributed by atoms with Crippen LogP contribution in [0.4, 0.5) is 0 Å². The lowest BCUT2D eigenvalue weighted by Crippen LogP contribution is -2.49. The molecule has 2 aromatic rings. The number of hydrogen-bond donors (Lipinski definition) is 1. The van der Waals surface area contributed by atoms with Crippen molar-refractivity contribution in [3.8, 4) is 0 Å². The second-order valence-electron chi connectivity index (χ2n) is 7.04. The third-order valence-electron chi connectivity index (χ3n) is 4.32. The third-order valence-corrected chi connectivity index (χ3v) is 4.82. The minimum atomic E-state index is -0.301. The molecule has 0 atom stereocenters. The number of hydrogen-bond acceptors (Lipinski definition) is 5. The molecule has 2 rings (SSSR count). The molecule has 0 aliphatic heterocycles. The Balaban J connectivity index is 2.08. The van der Waals surface area contributed by atoms with Crippen molar-refractivity contribution in [2.24, 2.45) is 0 Å². The topological polar surface area (TPSA) is 75.2 Å². The highest BCUT2D eigenvalue weighted by Crippen LogP contribution is 2.10. The summed E-state index contributed by atoms with van der Waals surface area (Å²) in [5.41, 5.74) is 2.28. The van der Waals surface area contributed by atoms with Gasteiger partial charge in [0.2, 0.25) is 5.91 Å². The van der Waals surface area contributed by atoms with E-state index in [9.17, 15) is 9.59 Å². The first-order valence-electron chi connectivity index (χ1n) is 8.73. The Kier molecular flexibility index (Phi) is 6.85. The highest BCUT2D eigenvalue weighted by molar-refractivity contribution is 7.03. The maximum atomic E-state index is 12.7. The van der Waals surface area contributed by atoms with E-state index >= 15 is 0 Å². The van der Waals surface area contributed by atoms with Gasteiger partial charge in [0.05, 0.1) is 6.54 Å². The van der Waals surface area contributed by atoms with Gasteiger partial charge in [-0.25, -0.2) is 0 Å². The van der Waals surface area contributed by atoms with Crippen LogP contribution in [0.2, 0.25) is 0 Å². The minimum Gasteiger partial charge on any atom is -0.350 e. The Hall–Kier alpha value is -2.28. The van der Waals surface area contributed by atoms with E-state index in [0.29, 0.717) is 13.0 Å². The number of aromatic nitrogens is 2. The zero-order valence-electron chi connectivity index (χ0n) is 15.8. The standard InChI is InChI=1S/C19H26N4O2S/c1-5-19(3,4)20-17(24)12-23(18(25)16-13-26-22-21-16)10-9-15-8-6-7-14(2)11-15/h6-8,11,13H,5,9-10,12H2,1-4H3,(H,20,24). The summed E-state index contributed by atoms with van der Waals surface area (Å²) in [6.45, 7) is 8.43. The molecule has 6 nitrogen and oxygen atoms in total. The van der Waals surface area contributed by atoms with Gasteiger partial charge >= 0.3 is 0 Å². The fourth-order valence-electron chi connectivity index (χ4n) is 2.48. The van der Waals surface area contributed by atoms with Gasteiger partial charge in [-0.1, -0.05) is 41.2 Å². The quantitative estimate of drug-likeness (QED) is 0.771. The number of nitrogens with one attached hydrogen (secondary N) is 1. The molecule has 0 spiro atoms. The molecule has 26 heavy (non-hydrogen) atoms. The number of carbonyl (C=O) groups excluding carboxylic acids is 2. The number of carbonyl (C=O) groups is 2. The van der Waals surface area contributed by atoms with Crippen LogP contribution in [0.1, 0.15) is 48.8 Å². The van der Waals surface area contributed by atoms with Gasteiger partial charge in [0.1, 0.15) is 0 Å². The molecule has 0 fully saturated rings. The molecular formula is C19H26N4O2S. The molecule has 2 amide bonds. The molecular weight excluding hydrogens is 348 g/mol. The first-order valence-corrected chi connectivity index (χ1v) is 9.57. The average Bonchev–Trinajstić information content (AvgIpc) is 3.12. The molecule has 0 radical (unpaired) electrons. The largest absolute Gasteiger partial charge is 0.350 e. The first kappa shape index (κ1) is 20.0. The monoisotopic (exact) mass is 374 g/mol. The van der Waals surface area contributed by atoms with Crippen molar-refractivity contribution in [2.45, 2.75) is 46.1 Å². The highest BCUT2D eigenvalue weighted by Gasteiger charge is 2.24. The zero-order chi connectivity index (χ0) is 19.2. The van der Waals surface area contributed by atoms with Crippen LogP contribution < -0.4 is 5.32 Å². The SMILES string of the molecule is CCC(C)(C)NC(=O)CN(CCc1cccc(C)c1)C(=O)c1csnn1. The lowest BCUT2D eigenvalue weighted by Gasteiger charge is -2.27. The van der Waals surface area contributed by atoms with Gasteiger partial charge in [0.15, 0.2) is 5.69 Å². The number of amides is 2. The number of aryl methyl sites for hydroxylation is 1. The summed E-state index contributed by atoms with van der Waals surface area (Å²) in [6.07, 6.45) is 1.49. The summed E-state index contributed by atoms with van der Waals surface area (Å²) in [5.74, 6) is -0.437. The molecule has 7 heteroatoms. The van der Waals surface area contributed by atoms with E-state index in [1.165, 1.54) is 5.56 Å². The van der Waals surface area contributed by atoms with Crippen molar-refractivity contribution in [3.05, 3.63) is 46.5 Å². The molecule has 0 aliphatic rings. The van der Waals surface area contributed by atoms with Gasteiger partial charge in [-0.15, -0.1) is 5.10 Å². The fraction of sp³-hybridized carbons (Fsp3) is 0.474. The van der Waals surface area contributed by atoms with Gasteiger partial charge in [-0.3, -0.25) is 9.59 Å². The Bertz CT molecular complexity index is 744. The first-order chi connectivity index (χ1) is 12.3. The zero-order valence-corrected chi connectivity index (χ0v) is 16.6. The fourth-order valence-corrected chi connectivity index (χ4v) is 2.91. The molecule has 0 bridgehead atoms. The molecule has 1 aromatic heterocycles. The maximum Gasteiger partial charge on any atom is 0.275 e. The van der Waals surface area contributed by atoms with E-state index < -0.39 is 0 Å². The van der Waals surface area contributed by atoms with E-state index in [-0.39, 0.29) is 29.6 Å². The molecule has 1 N–H and O–H groups in total. The van der Waals surface area contributed by atoms with Crippen molar-refractivity contribution in [1.29, 1.82) is 0 Å². The summed E-state index contributed by atoms with van der Waals surface area (Å²) in [7, 11) is 0. The van der Waals surface area contributed by atoms with Crippen molar-refractivity contribution >= 4 is 23.3 Å². The summed E-state index contributed by atoms with van der Waals surface area (Å²) < 4.78 is 3.75. The summed E-state index contributed by atoms with van der Waals surface area (Å²) in [6, 6.07) is 8.15. The van der Waals surface area contributed by atoms with Crippen LogP contribution in [0.5, 0.6) is 0 Å². The van der Waals surface area contributed by atoms with Gasteiger partial charge in [-0.2, -0.15) is 0 Å². The van der Waals surface area contributed by atoms with Gasteiger partial charge in [0, 0.05) is 17.5 Å². The Morgan fingerprint density at radius 1 is 1.31 bits per heavy atom. The van der Waals surface area contributed by atoms with Crippen molar-refractivity contribution in [1.82, 2.24) is 19.8 Å². The lowest BCUT2D eigenvalue weighted by molar-refractivity contribution is -0.123. The number of rotatable bonds is 8. The van der Waals surface area contributed by atoms with Crippen LogP contribution in [-0.2, 0) is 11.2 Å². The second-order valence-corrected chi connectivity index (χ2v) is 7.65. The van der Waals surface area contributed by atoms with Crippen molar-refractivity contribution in [3.63, 3.8) is 0 Å². The van der Waals surface area contributed by atoms with E-state index in [1.54, 1.807) is 10.3 Å². The lowest BCUT2D eigenvalue weighted by atomic mass is 10.0. The van der Waals surface area contributed by atoms with Gasteiger partial charge in [0.25, 0.3) is 5.91 Å². The smallest absolute Gasteiger partial charge is 0.275 e. The predicted molar refractivity (Wildman–Crippen MR) is 103 cm³/mol. The summed E-state index contributed by atoms with van der Waals surface area (Å²) in [4.78, 5) is 26.7. The second kappa shape index (κ2) is 8.89. The molecule has 0 saturated heterocycles. The summed E-state index contributed by atoms with van der Waals surface area (Å²) >= 11 is 1.13. The number of benzene rings is 1. The maximum absolute atomic E-state index is 12.7. The number of nitrogens with zero attached hydrogens (tertiary/aromatic N) is 3. The normalized spacial score (nSPS) is 11.2. The van der Waals surface area contributed by atoms with Crippen LogP contribution >= 0.6 is 11.5 Å². The van der Waals surface area contributed by atoms with Gasteiger partial charge in [-0.05, 0) is 50.7 Å².